The highest BCUT2D eigenvalue weighted by molar-refractivity contribution is 5.82. The largest absolute Gasteiger partial charge is 0.360 e. The van der Waals surface area contributed by atoms with Crippen molar-refractivity contribution in [3.05, 3.63) is 29.8 Å². The normalized spacial score (nSPS) is 16.0. The summed E-state index contributed by atoms with van der Waals surface area (Å²) in [5.41, 5.74) is 2.25. The van der Waals surface area contributed by atoms with E-state index in [2.05, 4.69) is 65.9 Å². The number of guanidine groups is 1. The number of carbonyl (C=O) groups excluding carboxylic acids is 1. The molecule has 1 unspecified atom stereocenters. The van der Waals surface area contributed by atoms with Crippen molar-refractivity contribution in [2.45, 2.75) is 59.0 Å². The number of carbonyl (C=O) groups is 1. The number of amides is 1. The number of benzene rings is 1. The maximum absolute atomic E-state index is 11.5. The van der Waals surface area contributed by atoms with E-state index in [1.54, 1.807) is 0 Å². The third-order valence-corrected chi connectivity index (χ3v) is 4.73. The maximum Gasteiger partial charge on any atom is 0.239 e. The van der Waals surface area contributed by atoms with Crippen molar-refractivity contribution in [1.29, 1.82) is 0 Å². The average Bonchev–Trinajstić information content (AvgIpc) is 2.67. The van der Waals surface area contributed by atoms with E-state index in [1.165, 1.54) is 19.3 Å². The zero-order valence-corrected chi connectivity index (χ0v) is 17.1. The Bertz CT molecular complexity index is 599. The summed E-state index contributed by atoms with van der Waals surface area (Å²) in [4.78, 5) is 18.4. The lowest BCUT2D eigenvalue weighted by molar-refractivity contribution is -0.120. The molecule has 1 amide bonds. The Morgan fingerprint density at radius 3 is 2.70 bits per heavy atom. The van der Waals surface area contributed by atoms with Crippen LogP contribution in [0.1, 0.15) is 52.0 Å². The molecule has 1 aliphatic heterocycles. The Balaban J connectivity index is 1.89. The van der Waals surface area contributed by atoms with Crippen molar-refractivity contribution in [2.75, 3.05) is 31.1 Å². The molecule has 0 radical (unpaired) electrons. The molecule has 1 saturated heterocycles. The predicted octanol–water partition coefficient (Wildman–Crippen LogP) is 2.65. The second kappa shape index (κ2) is 11.5. The molecule has 2 rings (SSSR count). The molecule has 0 aromatic heterocycles. The zero-order valence-electron chi connectivity index (χ0n) is 17.1. The van der Waals surface area contributed by atoms with Crippen LogP contribution in [0.15, 0.2) is 29.3 Å². The minimum Gasteiger partial charge on any atom is -0.360 e. The topological polar surface area (TPSA) is 68.8 Å². The monoisotopic (exact) mass is 373 g/mol. The number of anilines is 1. The van der Waals surface area contributed by atoms with Gasteiger partial charge in [0.15, 0.2) is 5.96 Å². The number of unbranched alkanes of at least 4 members (excludes halogenated alkanes) is 2. The summed E-state index contributed by atoms with van der Waals surface area (Å²) in [7, 11) is 0. The van der Waals surface area contributed by atoms with Gasteiger partial charge in [0.2, 0.25) is 5.91 Å². The van der Waals surface area contributed by atoms with Crippen LogP contribution < -0.4 is 20.9 Å². The molecule has 3 N–H and O–H groups in total. The van der Waals surface area contributed by atoms with Gasteiger partial charge in [-0.15, -0.1) is 0 Å². The Hall–Kier alpha value is -2.24. The van der Waals surface area contributed by atoms with Gasteiger partial charge in [-0.2, -0.15) is 0 Å². The Kier molecular flexibility index (Phi) is 8.95. The van der Waals surface area contributed by atoms with Gasteiger partial charge in [0.1, 0.15) is 0 Å². The summed E-state index contributed by atoms with van der Waals surface area (Å²) in [6.07, 6.45) is 4.94. The highest BCUT2D eigenvalue weighted by Crippen LogP contribution is 2.16. The molecule has 1 atom stereocenters. The van der Waals surface area contributed by atoms with Crippen molar-refractivity contribution in [3.63, 3.8) is 0 Å². The first-order chi connectivity index (χ1) is 13.1. The molecule has 0 spiro atoms. The fourth-order valence-electron chi connectivity index (χ4n) is 3.17. The number of rotatable bonds is 9. The van der Waals surface area contributed by atoms with Crippen molar-refractivity contribution >= 4 is 17.6 Å². The summed E-state index contributed by atoms with van der Waals surface area (Å²) in [6.45, 7) is 10.0. The van der Waals surface area contributed by atoms with Gasteiger partial charge >= 0.3 is 0 Å². The van der Waals surface area contributed by atoms with E-state index in [0.717, 1.165) is 36.7 Å². The fourth-order valence-corrected chi connectivity index (χ4v) is 3.17. The van der Waals surface area contributed by atoms with Gasteiger partial charge in [-0.25, -0.2) is 4.99 Å². The SMILES string of the molecule is CCCCCC(C)NC(=NCc1ccc(N2CCNC(=O)C2)cc1)NCC. The molecule has 0 bridgehead atoms. The minimum atomic E-state index is 0.0874. The maximum atomic E-state index is 11.5. The molecule has 6 nitrogen and oxygen atoms in total. The number of hydrogen-bond acceptors (Lipinski definition) is 3. The third kappa shape index (κ3) is 7.49. The Morgan fingerprint density at radius 1 is 1.26 bits per heavy atom. The van der Waals surface area contributed by atoms with E-state index >= 15 is 0 Å². The van der Waals surface area contributed by atoms with Crippen molar-refractivity contribution in [3.8, 4) is 0 Å². The highest BCUT2D eigenvalue weighted by Gasteiger charge is 2.16. The minimum absolute atomic E-state index is 0.0874. The van der Waals surface area contributed by atoms with Gasteiger partial charge in [-0.3, -0.25) is 4.79 Å². The lowest BCUT2D eigenvalue weighted by Gasteiger charge is -2.28. The molecule has 6 heteroatoms. The molecule has 1 heterocycles. The van der Waals surface area contributed by atoms with Crippen molar-refractivity contribution in [1.82, 2.24) is 16.0 Å². The van der Waals surface area contributed by atoms with E-state index in [4.69, 9.17) is 4.99 Å². The van der Waals surface area contributed by atoms with Gasteiger partial charge in [0.25, 0.3) is 0 Å². The van der Waals surface area contributed by atoms with Crippen LogP contribution in [-0.4, -0.2) is 44.1 Å². The summed E-state index contributed by atoms with van der Waals surface area (Å²) >= 11 is 0. The second-order valence-corrected chi connectivity index (χ2v) is 7.17. The van der Waals surface area contributed by atoms with E-state index in [9.17, 15) is 4.79 Å². The van der Waals surface area contributed by atoms with Crippen LogP contribution in [0.4, 0.5) is 5.69 Å². The number of nitrogens with one attached hydrogen (secondary N) is 3. The lowest BCUT2D eigenvalue weighted by atomic mass is 10.1. The number of aliphatic imine (C=N–C) groups is 1. The van der Waals surface area contributed by atoms with Crippen molar-refractivity contribution < 1.29 is 4.79 Å². The molecular formula is C21H35N5O. The van der Waals surface area contributed by atoms with Crippen LogP contribution in [0.25, 0.3) is 0 Å². The van der Waals surface area contributed by atoms with E-state index in [-0.39, 0.29) is 5.91 Å². The Labute approximate surface area is 163 Å². The average molecular weight is 374 g/mol. The van der Waals surface area contributed by atoms with Gasteiger partial charge in [0, 0.05) is 31.4 Å². The molecule has 1 aromatic rings. The van der Waals surface area contributed by atoms with Gasteiger partial charge in [-0.1, -0.05) is 38.3 Å². The fraction of sp³-hybridized carbons (Fsp3) is 0.619. The molecule has 0 aliphatic carbocycles. The first-order valence-electron chi connectivity index (χ1n) is 10.3. The smallest absolute Gasteiger partial charge is 0.239 e. The zero-order chi connectivity index (χ0) is 19.5. The molecule has 1 fully saturated rings. The lowest BCUT2D eigenvalue weighted by Crippen LogP contribution is -2.47. The van der Waals surface area contributed by atoms with Crippen LogP contribution in [0.3, 0.4) is 0 Å². The number of hydrogen-bond donors (Lipinski definition) is 3. The first-order valence-corrected chi connectivity index (χ1v) is 10.3. The van der Waals surface area contributed by atoms with Crippen LogP contribution in [-0.2, 0) is 11.3 Å². The van der Waals surface area contributed by atoms with Gasteiger partial charge in [0.05, 0.1) is 13.1 Å². The molecule has 1 aromatic carbocycles. The Morgan fingerprint density at radius 2 is 2.04 bits per heavy atom. The molecular weight excluding hydrogens is 338 g/mol. The second-order valence-electron chi connectivity index (χ2n) is 7.17. The molecule has 27 heavy (non-hydrogen) atoms. The summed E-state index contributed by atoms with van der Waals surface area (Å²) < 4.78 is 0. The van der Waals surface area contributed by atoms with Crippen LogP contribution in [0, 0.1) is 0 Å². The van der Waals surface area contributed by atoms with Crippen LogP contribution >= 0.6 is 0 Å². The van der Waals surface area contributed by atoms with Crippen molar-refractivity contribution in [2.24, 2.45) is 4.99 Å². The molecule has 1 aliphatic rings. The van der Waals surface area contributed by atoms with E-state index in [1.807, 2.05) is 0 Å². The molecule has 0 saturated carbocycles. The third-order valence-electron chi connectivity index (χ3n) is 4.73. The van der Waals surface area contributed by atoms with Crippen LogP contribution in [0.2, 0.25) is 0 Å². The van der Waals surface area contributed by atoms with E-state index in [0.29, 0.717) is 25.7 Å². The van der Waals surface area contributed by atoms with Gasteiger partial charge in [-0.05, 0) is 38.0 Å². The predicted molar refractivity (Wildman–Crippen MR) is 113 cm³/mol. The van der Waals surface area contributed by atoms with Crippen LogP contribution in [0.5, 0.6) is 0 Å². The number of nitrogens with zero attached hydrogens (tertiary/aromatic N) is 2. The summed E-state index contributed by atoms with van der Waals surface area (Å²) in [5, 5.41) is 9.69. The number of piperazine rings is 1. The molecule has 150 valence electrons. The summed E-state index contributed by atoms with van der Waals surface area (Å²) in [5.74, 6) is 0.961. The highest BCUT2D eigenvalue weighted by atomic mass is 16.2. The summed E-state index contributed by atoms with van der Waals surface area (Å²) in [6, 6.07) is 8.77. The van der Waals surface area contributed by atoms with Gasteiger partial charge < -0.3 is 20.9 Å². The standard InChI is InChI=1S/C21H35N5O/c1-4-6-7-8-17(3)25-21(22-5-2)24-15-18-9-11-19(12-10-18)26-14-13-23-20(27)16-26/h9-12,17H,4-8,13-16H2,1-3H3,(H,23,27)(H2,22,24,25). The quantitative estimate of drug-likeness (QED) is 0.354. The van der Waals surface area contributed by atoms with E-state index < -0.39 is 0 Å². The first kappa shape index (κ1) is 21.1.